The van der Waals surface area contributed by atoms with Crippen molar-refractivity contribution >= 4 is 11.8 Å². The van der Waals surface area contributed by atoms with Crippen LogP contribution in [0.15, 0.2) is 6.20 Å². The number of nitrogens with one attached hydrogen (secondary N) is 2. The maximum Gasteiger partial charge on any atom is 0.224 e. The molecule has 106 valence electrons. The SMILES string of the molecule is CCCNc1ncc(F)c(NCCN(C)C2CC2)n1. The van der Waals surface area contributed by atoms with Gasteiger partial charge in [-0.15, -0.1) is 0 Å². The summed E-state index contributed by atoms with van der Waals surface area (Å²) in [5.41, 5.74) is 0. The summed E-state index contributed by atoms with van der Waals surface area (Å²) in [6.07, 6.45) is 4.75. The van der Waals surface area contributed by atoms with E-state index in [2.05, 4.69) is 39.5 Å². The molecule has 19 heavy (non-hydrogen) atoms. The molecule has 0 amide bonds. The largest absolute Gasteiger partial charge is 0.366 e. The van der Waals surface area contributed by atoms with Gasteiger partial charge < -0.3 is 15.5 Å². The number of hydrogen-bond donors (Lipinski definition) is 2. The zero-order valence-corrected chi connectivity index (χ0v) is 11.6. The molecule has 1 heterocycles. The molecule has 0 aliphatic heterocycles. The summed E-state index contributed by atoms with van der Waals surface area (Å²) in [6, 6.07) is 0.721. The van der Waals surface area contributed by atoms with E-state index in [1.165, 1.54) is 19.0 Å². The van der Waals surface area contributed by atoms with Gasteiger partial charge in [-0.1, -0.05) is 6.92 Å². The van der Waals surface area contributed by atoms with E-state index in [1.54, 1.807) is 0 Å². The van der Waals surface area contributed by atoms with Crippen LogP contribution in [0.3, 0.4) is 0 Å². The summed E-state index contributed by atoms with van der Waals surface area (Å²) in [4.78, 5) is 10.3. The lowest BCUT2D eigenvalue weighted by molar-refractivity contribution is 0.337. The van der Waals surface area contributed by atoms with Crippen molar-refractivity contribution in [3.8, 4) is 0 Å². The number of nitrogens with zero attached hydrogens (tertiary/aromatic N) is 3. The molecule has 0 atom stereocenters. The molecule has 2 rings (SSSR count). The van der Waals surface area contributed by atoms with Crippen LogP contribution in [0.2, 0.25) is 0 Å². The van der Waals surface area contributed by atoms with Crippen molar-refractivity contribution in [2.75, 3.05) is 37.3 Å². The quantitative estimate of drug-likeness (QED) is 0.754. The molecule has 1 saturated carbocycles. The highest BCUT2D eigenvalue weighted by molar-refractivity contribution is 5.40. The van der Waals surface area contributed by atoms with Gasteiger partial charge in [-0.05, 0) is 26.3 Å². The van der Waals surface area contributed by atoms with E-state index in [1.807, 2.05) is 0 Å². The third-order valence-corrected chi connectivity index (χ3v) is 3.20. The van der Waals surface area contributed by atoms with Crippen molar-refractivity contribution in [3.63, 3.8) is 0 Å². The van der Waals surface area contributed by atoms with Crippen molar-refractivity contribution in [1.29, 1.82) is 0 Å². The van der Waals surface area contributed by atoms with Crippen LogP contribution in [0.25, 0.3) is 0 Å². The molecule has 1 aliphatic rings. The Morgan fingerprint density at radius 2 is 2.16 bits per heavy atom. The first-order valence-corrected chi connectivity index (χ1v) is 6.91. The van der Waals surface area contributed by atoms with E-state index in [-0.39, 0.29) is 5.82 Å². The minimum atomic E-state index is -0.406. The Hall–Kier alpha value is -1.43. The minimum absolute atomic E-state index is 0.276. The number of aromatic nitrogens is 2. The number of hydrogen-bond acceptors (Lipinski definition) is 5. The lowest BCUT2D eigenvalue weighted by Gasteiger charge is -2.16. The van der Waals surface area contributed by atoms with Crippen LogP contribution in [0, 0.1) is 5.82 Å². The molecule has 0 radical (unpaired) electrons. The number of anilines is 2. The predicted molar refractivity (Wildman–Crippen MR) is 74.9 cm³/mol. The van der Waals surface area contributed by atoms with Crippen LogP contribution in [0.5, 0.6) is 0 Å². The normalized spacial score (nSPS) is 14.7. The van der Waals surface area contributed by atoms with Crippen molar-refractivity contribution in [1.82, 2.24) is 14.9 Å². The molecule has 2 N–H and O–H groups in total. The molecule has 5 nitrogen and oxygen atoms in total. The van der Waals surface area contributed by atoms with E-state index in [4.69, 9.17) is 0 Å². The number of halogens is 1. The summed E-state index contributed by atoms with van der Waals surface area (Å²) >= 11 is 0. The first kappa shape index (κ1) is 14.0. The van der Waals surface area contributed by atoms with Crippen LogP contribution in [0.1, 0.15) is 26.2 Å². The maximum atomic E-state index is 13.6. The summed E-state index contributed by atoms with van der Waals surface area (Å²) in [7, 11) is 2.10. The molecule has 1 aliphatic carbocycles. The van der Waals surface area contributed by atoms with Crippen LogP contribution >= 0.6 is 0 Å². The summed E-state index contributed by atoms with van der Waals surface area (Å²) < 4.78 is 13.6. The average molecular weight is 267 g/mol. The third-order valence-electron chi connectivity index (χ3n) is 3.20. The van der Waals surface area contributed by atoms with E-state index in [0.29, 0.717) is 12.5 Å². The van der Waals surface area contributed by atoms with Crippen LogP contribution in [-0.2, 0) is 0 Å². The molecule has 0 unspecified atom stereocenters. The summed E-state index contributed by atoms with van der Waals surface area (Å²) in [5, 5.41) is 6.09. The van der Waals surface area contributed by atoms with Gasteiger partial charge in [-0.2, -0.15) is 4.98 Å². The Kier molecular flexibility index (Phi) is 4.90. The Morgan fingerprint density at radius 1 is 1.37 bits per heavy atom. The van der Waals surface area contributed by atoms with E-state index in [0.717, 1.165) is 25.6 Å². The van der Waals surface area contributed by atoms with Gasteiger partial charge >= 0.3 is 0 Å². The van der Waals surface area contributed by atoms with Crippen molar-refractivity contribution in [3.05, 3.63) is 12.0 Å². The highest BCUT2D eigenvalue weighted by Gasteiger charge is 2.25. The van der Waals surface area contributed by atoms with E-state index in [9.17, 15) is 4.39 Å². The van der Waals surface area contributed by atoms with Gasteiger partial charge in [0.15, 0.2) is 11.6 Å². The Bertz CT molecular complexity index is 408. The maximum absolute atomic E-state index is 13.6. The first-order valence-electron chi connectivity index (χ1n) is 6.91. The van der Waals surface area contributed by atoms with Gasteiger partial charge in [-0.25, -0.2) is 9.37 Å². The lowest BCUT2D eigenvalue weighted by atomic mass is 10.4. The van der Waals surface area contributed by atoms with Crippen molar-refractivity contribution in [2.45, 2.75) is 32.2 Å². The van der Waals surface area contributed by atoms with Crippen LogP contribution < -0.4 is 10.6 Å². The number of likely N-dealkylation sites (N-methyl/N-ethyl adjacent to an activating group) is 1. The van der Waals surface area contributed by atoms with Crippen molar-refractivity contribution < 1.29 is 4.39 Å². The second-order valence-electron chi connectivity index (χ2n) is 4.96. The van der Waals surface area contributed by atoms with Gasteiger partial charge in [-0.3, -0.25) is 0 Å². The Morgan fingerprint density at radius 3 is 2.84 bits per heavy atom. The highest BCUT2D eigenvalue weighted by Crippen LogP contribution is 2.24. The monoisotopic (exact) mass is 267 g/mol. The molecular formula is C13H22FN5. The fourth-order valence-electron chi connectivity index (χ4n) is 1.86. The smallest absolute Gasteiger partial charge is 0.224 e. The fraction of sp³-hybridized carbons (Fsp3) is 0.692. The summed E-state index contributed by atoms with van der Waals surface area (Å²) in [6.45, 7) is 4.43. The van der Waals surface area contributed by atoms with Gasteiger partial charge in [0.25, 0.3) is 0 Å². The van der Waals surface area contributed by atoms with Crippen LogP contribution in [-0.4, -0.2) is 47.6 Å². The second-order valence-corrected chi connectivity index (χ2v) is 4.96. The Balaban J connectivity index is 1.83. The molecule has 6 heteroatoms. The summed E-state index contributed by atoms with van der Waals surface area (Å²) in [5.74, 6) is 0.343. The molecule has 0 spiro atoms. The molecule has 0 bridgehead atoms. The topological polar surface area (TPSA) is 53.1 Å². The van der Waals surface area contributed by atoms with E-state index >= 15 is 0 Å². The molecule has 1 aromatic rings. The third kappa shape index (κ3) is 4.31. The molecule has 0 saturated heterocycles. The predicted octanol–water partition coefficient (Wildman–Crippen LogP) is 1.94. The van der Waals surface area contributed by atoms with Gasteiger partial charge in [0.1, 0.15) is 0 Å². The molecular weight excluding hydrogens is 245 g/mol. The zero-order chi connectivity index (χ0) is 13.7. The first-order chi connectivity index (χ1) is 9.20. The second kappa shape index (κ2) is 6.65. The number of rotatable bonds is 8. The van der Waals surface area contributed by atoms with Crippen molar-refractivity contribution in [2.24, 2.45) is 0 Å². The van der Waals surface area contributed by atoms with Gasteiger partial charge in [0, 0.05) is 25.7 Å². The minimum Gasteiger partial charge on any atom is -0.366 e. The standard InChI is InChI=1S/C13H22FN5/c1-3-6-16-13-17-9-11(14)12(18-13)15-7-8-19(2)10-4-5-10/h9-10H,3-8H2,1-2H3,(H2,15,16,17,18). The van der Waals surface area contributed by atoms with Crippen LogP contribution in [0.4, 0.5) is 16.2 Å². The fourth-order valence-corrected chi connectivity index (χ4v) is 1.86. The molecule has 0 aromatic carbocycles. The van der Waals surface area contributed by atoms with Gasteiger partial charge in [0.2, 0.25) is 5.95 Å². The lowest BCUT2D eigenvalue weighted by Crippen LogP contribution is -2.27. The van der Waals surface area contributed by atoms with E-state index < -0.39 is 5.82 Å². The molecule has 1 fully saturated rings. The highest BCUT2D eigenvalue weighted by atomic mass is 19.1. The Labute approximate surface area is 113 Å². The molecule has 1 aromatic heterocycles. The van der Waals surface area contributed by atoms with Gasteiger partial charge in [0.05, 0.1) is 6.20 Å². The zero-order valence-electron chi connectivity index (χ0n) is 11.6. The average Bonchev–Trinajstić information content (AvgIpc) is 3.23.